The van der Waals surface area contributed by atoms with Gasteiger partial charge >= 0.3 is 0 Å². The number of halogens is 1. The fourth-order valence-electron chi connectivity index (χ4n) is 1.09. The Balaban J connectivity index is 3.16. The van der Waals surface area contributed by atoms with E-state index in [0.29, 0.717) is 4.47 Å². The van der Waals surface area contributed by atoms with Crippen LogP contribution >= 0.6 is 28.1 Å². The highest BCUT2D eigenvalue weighted by Gasteiger charge is 2.27. The molecule has 0 radical (unpaired) electrons. The number of hydrogen-bond acceptors (Lipinski definition) is 4. The van der Waals surface area contributed by atoms with Crippen LogP contribution in [0.2, 0.25) is 0 Å². The highest BCUT2D eigenvalue weighted by molar-refractivity contribution is 9.10. The number of thiocarbonyl (C=S) groups is 1. The molecular weight excluding hydrogens is 326 g/mol. The van der Waals surface area contributed by atoms with Gasteiger partial charge in [-0.3, -0.25) is 4.98 Å². The number of rotatable bonds is 4. The average Bonchev–Trinajstić information content (AvgIpc) is 2.26. The van der Waals surface area contributed by atoms with E-state index in [-0.39, 0.29) is 9.88 Å². The van der Waals surface area contributed by atoms with E-state index in [9.17, 15) is 8.42 Å². The van der Waals surface area contributed by atoms with Gasteiger partial charge in [-0.15, -0.1) is 0 Å². The van der Waals surface area contributed by atoms with E-state index < -0.39 is 16.1 Å². The van der Waals surface area contributed by atoms with Crippen molar-refractivity contribution in [1.29, 1.82) is 0 Å². The maximum atomic E-state index is 12.2. The summed E-state index contributed by atoms with van der Waals surface area (Å²) in [4.78, 5) is 4.04. The van der Waals surface area contributed by atoms with E-state index in [1.807, 2.05) is 0 Å². The molecule has 17 heavy (non-hydrogen) atoms. The Morgan fingerprint density at radius 1 is 1.59 bits per heavy atom. The van der Waals surface area contributed by atoms with E-state index in [1.54, 1.807) is 6.92 Å². The number of hydrogen-bond donors (Lipinski definition) is 1. The topological polar surface area (TPSA) is 76.3 Å². The van der Waals surface area contributed by atoms with Gasteiger partial charge in [0.1, 0.15) is 4.90 Å². The molecule has 1 atom stereocenters. The molecule has 8 heteroatoms. The first-order valence-corrected chi connectivity index (χ1v) is 7.29. The van der Waals surface area contributed by atoms with Crippen LogP contribution < -0.4 is 5.73 Å². The van der Waals surface area contributed by atoms with Crippen LogP contribution in [0.5, 0.6) is 0 Å². The zero-order chi connectivity index (χ0) is 13.2. The van der Waals surface area contributed by atoms with Crippen LogP contribution in [0.4, 0.5) is 0 Å². The van der Waals surface area contributed by atoms with Crippen molar-refractivity contribution in [2.24, 2.45) is 5.73 Å². The number of aromatic nitrogens is 1. The minimum Gasteiger partial charge on any atom is -0.392 e. The highest BCUT2D eigenvalue weighted by atomic mass is 79.9. The maximum absolute atomic E-state index is 12.2. The molecule has 1 unspecified atom stereocenters. The normalized spacial score (nSPS) is 13.6. The zero-order valence-electron chi connectivity index (χ0n) is 9.29. The molecule has 1 heterocycles. The second kappa shape index (κ2) is 5.38. The van der Waals surface area contributed by atoms with Gasteiger partial charge in [0.05, 0.1) is 11.0 Å². The summed E-state index contributed by atoms with van der Waals surface area (Å²) >= 11 is 7.96. The molecule has 1 aromatic heterocycles. The Bertz CT molecular complexity index is 533. The Labute approximate surface area is 114 Å². The number of nitrogens with zero attached hydrogens (tertiary/aromatic N) is 2. The molecule has 0 aromatic carbocycles. The lowest BCUT2D eigenvalue weighted by atomic mass is 10.3. The van der Waals surface area contributed by atoms with Crippen molar-refractivity contribution in [1.82, 2.24) is 9.29 Å². The van der Waals surface area contributed by atoms with Gasteiger partial charge in [0, 0.05) is 23.9 Å². The molecule has 0 fully saturated rings. The smallest absolute Gasteiger partial charge is 0.245 e. The average molecular weight is 338 g/mol. The van der Waals surface area contributed by atoms with E-state index in [4.69, 9.17) is 18.0 Å². The van der Waals surface area contributed by atoms with E-state index >= 15 is 0 Å². The molecular formula is C9H12BrN3O2S2. The van der Waals surface area contributed by atoms with Crippen molar-refractivity contribution in [3.8, 4) is 0 Å². The molecule has 94 valence electrons. The minimum atomic E-state index is -3.63. The fraction of sp³-hybridized carbons (Fsp3) is 0.333. The SMILES string of the molecule is CC(C(N)=S)N(C)S(=O)(=O)c1cncc(Br)c1. The second-order valence-electron chi connectivity index (χ2n) is 3.44. The molecule has 0 aliphatic heterocycles. The van der Waals surface area contributed by atoms with Gasteiger partial charge in [-0.2, -0.15) is 4.31 Å². The Kier molecular flexibility index (Phi) is 4.59. The molecule has 0 amide bonds. The summed E-state index contributed by atoms with van der Waals surface area (Å²) in [5, 5.41) is 0. The minimum absolute atomic E-state index is 0.0949. The molecule has 0 saturated heterocycles. The lowest BCUT2D eigenvalue weighted by Gasteiger charge is -2.23. The lowest BCUT2D eigenvalue weighted by molar-refractivity contribution is 0.451. The zero-order valence-corrected chi connectivity index (χ0v) is 12.5. The van der Waals surface area contributed by atoms with Crippen LogP contribution in [0.15, 0.2) is 27.8 Å². The van der Waals surface area contributed by atoms with Crippen LogP contribution in [0, 0.1) is 0 Å². The van der Waals surface area contributed by atoms with E-state index in [0.717, 1.165) is 4.31 Å². The van der Waals surface area contributed by atoms with Crippen molar-refractivity contribution < 1.29 is 8.42 Å². The number of nitrogens with two attached hydrogens (primary N) is 1. The van der Waals surface area contributed by atoms with Gasteiger partial charge in [-0.1, -0.05) is 12.2 Å². The fourth-order valence-corrected chi connectivity index (χ4v) is 3.16. The number of likely N-dealkylation sites (N-methyl/N-ethyl adjacent to an activating group) is 1. The maximum Gasteiger partial charge on any atom is 0.245 e. The third-order valence-electron chi connectivity index (χ3n) is 2.31. The molecule has 2 N–H and O–H groups in total. The summed E-state index contributed by atoms with van der Waals surface area (Å²) in [5.74, 6) is 0. The summed E-state index contributed by atoms with van der Waals surface area (Å²) in [5.41, 5.74) is 5.44. The molecule has 0 aliphatic rings. The van der Waals surface area contributed by atoms with Crippen LogP contribution in [0.25, 0.3) is 0 Å². The predicted octanol–water partition coefficient (Wildman–Crippen LogP) is 1.14. The van der Waals surface area contributed by atoms with Crippen LogP contribution in [-0.4, -0.2) is 35.8 Å². The first-order chi connectivity index (χ1) is 7.76. The van der Waals surface area contributed by atoms with E-state index in [2.05, 4.69) is 20.9 Å². The quantitative estimate of drug-likeness (QED) is 0.833. The monoisotopic (exact) mass is 337 g/mol. The molecule has 0 spiro atoms. The third kappa shape index (κ3) is 3.21. The molecule has 0 bridgehead atoms. The van der Waals surface area contributed by atoms with Crippen molar-refractivity contribution in [2.75, 3.05) is 7.05 Å². The Hall–Kier alpha value is -0.570. The molecule has 1 rings (SSSR count). The molecule has 0 aliphatic carbocycles. The first kappa shape index (κ1) is 14.5. The second-order valence-corrected chi connectivity index (χ2v) is 6.82. The number of pyridine rings is 1. The summed E-state index contributed by atoms with van der Waals surface area (Å²) in [6.07, 6.45) is 2.79. The summed E-state index contributed by atoms with van der Waals surface area (Å²) in [6.45, 7) is 1.63. The largest absolute Gasteiger partial charge is 0.392 e. The van der Waals surface area contributed by atoms with Crippen molar-refractivity contribution >= 4 is 43.2 Å². The predicted molar refractivity (Wildman–Crippen MR) is 73.1 cm³/mol. The van der Waals surface area contributed by atoms with Gasteiger partial charge in [0.2, 0.25) is 10.0 Å². The van der Waals surface area contributed by atoms with Gasteiger partial charge in [-0.25, -0.2) is 8.42 Å². The summed E-state index contributed by atoms with van der Waals surface area (Å²) < 4.78 is 26.1. The van der Waals surface area contributed by atoms with Crippen LogP contribution in [0.1, 0.15) is 6.92 Å². The van der Waals surface area contributed by atoms with Gasteiger partial charge in [-0.05, 0) is 28.9 Å². The Morgan fingerprint density at radius 3 is 2.65 bits per heavy atom. The third-order valence-corrected chi connectivity index (χ3v) is 4.98. The molecule has 0 saturated carbocycles. The summed E-state index contributed by atoms with van der Waals surface area (Å²) in [7, 11) is -2.20. The molecule has 1 aromatic rings. The van der Waals surface area contributed by atoms with Gasteiger partial charge < -0.3 is 5.73 Å². The van der Waals surface area contributed by atoms with Crippen molar-refractivity contribution in [2.45, 2.75) is 17.9 Å². The lowest BCUT2D eigenvalue weighted by Crippen LogP contribution is -2.42. The van der Waals surface area contributed by atoms with Crippen LogP contribution in [-0.2, 0) is 10.0 Å². The van der Waals surface area contributed by atoms with Gasteiger partial charge in [0.15, 0.2) is 0 Å². The van der Waals surface area contributed by atoms with Crippen LogP contribution in [0.3, 0.4) is 0 Å². The summed E-state index contributed by atoms with van der Waals surface area (Å²) in [6, 6.07) is 0.930. The standard InChI is InChI=1S/C9H12BrN3O2S2/c1-6(9(11)16)13(2)17(14,15)8-3-7(10)4-12-5-8/h3-6H,1-2H3,(H2,11,16). The van der Waals surface area contributed by atoms with E-state index in [1.165, 1.54) is 25.5 Å². The molecule has 5 nitrogen and oxygen atoms in total. The number of sulfonamides is 1. The highest BCUT2D eigenvalue weighted by Crippen LogP contribution is 2.19. The van der Waals surface area contributed by atoms with Crippen molar-refractivity contribution in [3.63, 3.8) is 0 Å². The van der Waals surface area contributed by atoms with Gasteiger partial charge in [0.25, 0.3) is 0 Å². The first-order valence-electron chi connectivity index (χ1n) is 4.64. The van der Waals surface area contributed by atoms with Crippen molar-refractivity contribution in [3.05, 3.63) is 22.9 Å². The Morgan fingerprint density at radius 2 is 2.18 bits per heavy atom.